The number of nitrogens with one attached hydrogen (secondary N) is 2. The molecule has 1 aromatic heterocycles. The largest absolute Gasteiger partial charge is 0.369 e. The number of carbonyl (C=O) groups is 1. The number of hydrogen-bond acceptors (Lipinski definition) is 5. The summed E-state index contributed by atoms with van der Waals surface area (Å²) in [5, 5.41) is 3.53. The molecular weight excluding hydrogens is 462 g/mol. The molecule has 0 radical (unpaired) electrons. The first-order valence-electron chi connectivity index (χ1n) is 12.7. The zero-order valence-electron chi connectivity index (χ0n) is 21.6. The summed E-state index contributed by atoms with van der Waals surface area (Å²) in [6.07, 6.45) is 5.43. The number of fused-ring (bicyclic) bond motifs is 1. The Morgan fingerprint density at radius 3 is 2.49 bits per heavy atom. The Balaban J connectivity index is 1.54. The average Bonchev–Trinajstić information content (AvgIpc) is 3.30. The van der Waals surface area contributed by atoms with Crippen LogP contribution in [-0.4, -0.2) is 54.8 Å². The summed E-state index contributed by atoms with van der Waals surface area (Å²) in [6.45, 7) is 7.87. The SMILES string of the molecule is CCN(c1cc(Cl)cc(C(=O)NCc2c(C)cc3n(c2=O)NCC3)c1C)[C@H]1CC[C@H](N(C)C)CC1. The summed E-state index contributed by atoms with van der Waals surface area (Å²) in [5.74, 6) is -0.212. The van der Waals surface area contributed by atoms with Crippen molar-refractivity contribution >= 4 is 23.2 Å². The maximum atomic E-state index is 13.3. The monoisotopic (exact) mass is 499 g/mol. The van der Waals surface area contributed by atoms with Gasteiger partial charge in [0.1, 0.15) is 0 Å². The number of anilines is 1. The Labute approximate surface area is 213 Å². The summed E-state index contributed by atoms with van der Waals surface area (Å²) < 4.78 is 1.60. The maximum absolute atomic E-state index is 13.3. The molecule has 4 rings (SSSR count). The molecule has 1 aliphatic heterocycles. The minimum absolute atomic E-state index is 0.0909. The Morgan fingerprint density at radius 1 is 1.14 bits per heavy atom. The molecule has 35 heavy (non-hydrogen) atoms. The summed E-state index contributed by atoms with van der Waals surface area (Å²) in [5.41, 5.74) is 8.01. The molecule has 190 valence electrons. The lowest BCUT2D eigenvalue weighted by Gasteiger charge is -2.40. The van der Waals surface area contributed by atoms with E-state index in [2.05, 4.69) is 41.6 Å². The van der Waals surface area contributed by atoms with Gasteiger partial charge < -0.3 is 20.5 Å². The first-order chi connectivity index (χ1) is 16.7. The van der Waals surface area contributed by atoms with Crippen LogP contribution < -0.4 is 21.2 Å². The first-order valence-corrected chi connectivity index (χ1v) is 13.1. The summed E-state index contributed by atoms with van der Waals surface area (Å²) in [4.78, 5) is 30.9. The molecular formula is C27H38ClN5O2. The van der Waals surface area contributed by atoms with Gasteiger partial charge in [-0.1, -0.05) is 11.6 Å². The molecule has 0 unspecified atom stereocenters. The molecule has 2 N–H and O–H groups in total. The molecule has 1 aromatic carbocycles. The van der Waals surface area contributed by atoms with Crippen LogP contribution in [0.2, 0.25) is 5.02 Å². The van der Waals surface area contributed by atoms with E-state index in [0.29, 0.717) is 28.2 Å². The third-order valence-electron chi connectivity index (χ3n) is 7.76. The van der Waals surface area contributed by atoms with Crippen LogP contribution >= 0.6 is 11.6 Å². The van der Waals surface area contributed by atoms with Gasteiger partial charge in [0, 0.05) is 65.7 Å². The predicted octanol–water partition coefficient (Wildman–Crippen LogP) is 3.85. The summed E-state index contributed by atoms with van der Waals surface area (Å²) >= 11 is 6.53. The molecule has 0 bridgehead atoms. The van der Waals surface area contributed by atoms with Crippen LogP contribution in [0.25, 0.3) is 0 Å². The van der Waals surface area contributed by atoms with E-state index in [9.17, 15) is 9.59 Å². The molecule has 0 spiro atoms. The average molecular weight is 500 g/mol. The number of nitrogens with zero attached hydrogens (tertiary/aromatic N) is 3. The Kier molecular flexibility index (Phi) is 7.77. The van der Waals surface area contributed by atoms with Gasteiger partial charge in [-0.25, -0.2) is 4.68 Å². The Hall–Kier alpha value is -2.51. The second-order valence-electron chi connectivity index (χ2n) is 10.1. The second kappa shape index (κ2) is 10.6. The summed E-state index contributed by atoms with van der Waals surface area (Å²) in [7, 11) is 4.31. The number of halogens is 1. The lowest BCUT2D eigenvalue weighted by atomic mass is 9.89. The van der Waals surface area contributed by atoms with E-state index in [0.717, 1.165) is 54.9 Å². The summed E-state index contributed by atoms with van der Waals surface area (Å²) in [6, 6.07) is 6.81. The smallest absolute Gasteiger partial charge is 0.274 e. The number of aromatic nitrogens is 1. The van der Waals surface area contributed by atoms with Crippen molar-refractivity contribution in [2.24, 2.45) is 0 Å². The van der Waals surface area contributed by atoms with Gasteiger partial charge >= 0.3 is 0 Å². The number of hydrogen-bond donors (Lipinski definition) is 2. The first kappa shape index (κ1) is 25.6. The third kappa shape index (κ3) is 5.21. The van der Waals surface area contributed by atoms with Gasteiger partial charge in [0.2, 0.25) is 0 Å². The van der Waals surface area contributed by atoms with E-state index in [1.54, 1.807) is 10.7 Å². The molecule has 1 fully saturated rings. The van der Waals surface area contributed by atoms with Crippen LogP contribution in [-0.2, 0) is 13.0 Å². The van der Waals surface area contributed by atoms with Crippen molar-refractivity contribution in [3.63, 3.8) is 0 Å². The highest BCUT2D eigenvalue weighted by atomic mass is 35.5. The Morgan fingerprint density at radius 2 is 1.83 bits per heavy atom. The number of amides is 1. The van der Waals surface area contributed by atoms with Gasteiger partial charge in [-0.15, -0.1) is 0 Å². The van der Waals surface area contributed by atoms with E-state index in [4.69, 9.17) is 11.6 Å². The highest BCUT2D eigenvalue weighted by Crippen LogP contribution is 2.34. The van der Waals surface area contributed by atoms with Crippen LogP contribution in [0.15, 0.2) is 23.0 Å². The molecule has 1 aliphatic carbocycles. The van der Waals surface area contributed by atoms with Crippen LogP contribution in [0.5, 0.6) is 0 Å². The zero-order valence-corrected chi connectivity index (χ0v) is 22.3. The molecule has 8 heteroatoms. The van der Waals surface area contributed by atoms with Crippen molar-refractivity contribution in [1.82, 2.24) is 14.9 Å². The van der Waals surface area contributed by atoms with Gasteiger partial charge in [0.25, 0.3) is 11.5 Å². The predicted molar refractivity (Wildman–Crippen MR) is 143 cm³/mol. The normalized spacial score (nSPS) is 19.4. The molecule has 1 amide bonds. The van der Waals surface area contributed by atoms with Crippen LogP contribution in [0, 0.1) is 13.8 Å². The molecule has 2 heterocycles. The number of carbonyl (C=O) groups excluding carboxylic acids is 1. The van der Waals surface area contributed by atoms with Crippen LogP contribution in [0.3, 0.4) is 0 Å². The van der Waals surface area contributed by atoms with E-state index in [1.165, 1.54) is 12.8 Å². The topological polar surface area (TPSA) is 69.6 Å². The van der Waals surface area contributed by atoms with Gasteiger partial charge in [0.05, 0.1) is 0 Å². The highest BCUT2D eigenvalue weighted by Gasteiger charge is 2.28. The number of benzene rings is 1. The third-order valence-corrected chi connectivity index (χ3v) is 7.98. The van der Waals surface area contributed by atoms with Crippen molar-refractivity contribution in [2.45, 2.75) is 71.5 Å². The maximum Gasteiger partial charge on any atom is 0.274 e. The number of pyridine rings is 1. The van der Waals surface area contributed by atoms with Gasteiger partial charge in [-0.3, -0.25) is 9.59 Å². The standard InChI is InChI=1S/C27H38ClN5O2/c1-6-32(21-9-7-20(8-10-21)31(4)5)25-15-19(28)14-23(18(25)3)26(34)29-16-24-17(2)13-22-11-12-30-33(22)27(24)35/h13-15,20-21,30H,6-12,16H2,1-5H3,(H,29,34)/t20-,21-. The van der Waals surface area contributed by atoms with Crippen LogP contribution in [0.4, 0.5) is 5.69 Å². The molecule has 0 atom stereocenters. The number of aryl methyl sites for hydroxylation is 1. The molecule has 2 aromatic rings. The van der Waals surface area contributed by atoms with Crippen molar-refractivity contribution in [3.8, 4) is 0 Å². The van der Waals surface area contributed by atoms with Crippen molar-refractivity contribution in [3.05, 3.63) is 61.5 Å². The van der Waals surface area contributed by atoms with E-state index in [1.807, 2.05) is 26.0 Å². The fourth-order valence-corrected chi connectivity index (χ4v) is 5.89. The Bertz CT molecular complexity index is 1150. The highest BCUT2D eigenvalue weighted by molar-refractivity contribution is 6.31. The van der Waals surface area contributed by atoms with Crippen molar-refractivity contribution in [2.75, 3.05) is 37.5 Å². The lowest BCUT2D eigenvalue weighted by Crippen LogP contribution is -2.42. The fraction of sp³-hybridized carbons (Fsp3) is 0.556. The van der Waals surface area contributed by atoms with Crippen molar-refractivity contribution < 1.29 is 4.79 Å². The van der Waals surface area contributed by atoms with Gasteiger partial charge in [-0.05, 0) is 89.9 Å². The number of rotatable bonds is 7. The van der Waals surface area contributed by atoms with E-state index in [-0.39, 0.29) is 18.0 Å². The van der Waals surface area contributed by atoms with Crippen LogP contribution in [0.1, 0.15) is 65.3 Å². The van der Waals surface area contributed by atoms with Gasteiger partial charge in [-0.2, -0.15) is 0 Å². The lowest BCUT2D eigenvalue weighted by molar-refractivity contribution is 0.0950. The molecule has 1 saturated carbocycles. The van der Waals surface area contributed by atoms with E-state index >= 15 is 0 Å². The second-order valence-corrected chi connectivity index (χ2v) is 10.5. The zero-order chi connectivity index (χ0) is 25.3. The molecule has 2 aliphatic rings. The van der Waals surface area contributed by atoms with Crippen molar-refractivity contribution in [1.29, 1.82) is 0 Å². The molecule has 7 nitrogen and oxygen atoms in total. The quantitative estimate of drug-likeness (QED) is 0.605. The fourth-order valence-electron chi connectivity index (χ4n) is 5.68. The minimum atomic E-state index is -0.212. The van der Waals surface area contributed by atoms with E-state index < -0.39 is 0 Å². The minimum Gasteiger partial charge on any atom is -0.369 e. The van der Waals surface area contributed by atoms with Gasteiger partial charge in [0.15, 0.2) is 0 Å². The molecule has 0 saturated heterocycles.